The Morgan fingerprint density at radius 2 is 1.51 bits per heavy atom. The summed E-state index contributed by atoms with van der Waals surface area (Å²) in [4.78, 5) is 7.56. The molecule has 0 unspecified atom stereocenters. The summed E-state index contributed by atoms with van der Waals surface area (Å²) in [6.07, 6.45) is 4.92. The van der Waals surface area contributed by atoms with E-state index < -0.39 is 9.84 Å². The molecule has 2 heterocycles. The first-order valence-electron chi connectivity index (χ1n) is 12.9. The maximum atomic E-state index is 11.9. The van der Waals surface area contributed by atoms with Gasteiger partial charge in [-0.2, -0.15) is 4.98 Å². The van der Waals surface area contributed by atoms with E-state index in [-0.39, 0.29) is 5.92 Å². The van der Waals surface area contributed by atoms with Gasteiger partial charge in [-0.1, -0.05) is 78.0 Å². The molecule has 1 saturated heterocycles. The van der Waals surface area contributed by atoms with E-state index in [9.17, 15) is 8.42 Å². The van der Waals surface area contributed by atoms with E-state index in [1.165, 1.54) is 17.4 Å². The van der Waals surface area contributed by atoms with Gasteiger partial charge in [0.25, 0.3) is 0 Å². The van der Waals surface area contributed by atoms with Crippen molar-refractivity contribution in [1.29, 1.82) is 0 Å². The number of hydrogen-bond acceptors (Lipinski definition) is 6. The van der Waals surface area contributed by atoms with Crippen molar-refractivity contribution in [3.05, 3.63) is 113 Å². The molecule has 0 bridgehead atoms. The maximum absolute atomic E-state index is 11.9. The largest absolute Gasteiger partial charge is 0.339 e. The van der Waals surface area contributed by atoms with Gasteiger partial charge in [-0.15, -0.1) is 0 Å². The van der Waals surface area contributed by atoms with Gasteiger partial charge < -0.3 is 9.42 Å². The lowest BCUT2D eigenvalue weighted by atomic mass is 9.88. The Labute approximate surface area is 219 Å². The summed E-state index contributed by atoms with van der Waals surface area (Å²) in [6, 6.07) is 28.1. The molecule has 1 aliphatic rings. The number of aromatic nitrogens is 2. The van der Waals surface area contributed by atoms with Gasteiger partial charge in [-0.25, -0.2) is 8.42 Å². The van der Waals surface area contributed by atoms with Crippen LogP contribution in [0.4, 0.5) is 0 Å². The minimum Gasteiger partial charge on any atom is -0.339 e. The Balaban J connectivity index is 1.19. The van der Waals surface area contributed by atoms with Crippen LogP contribution in [-0.2, 0) is 16.3 Å². The van der Waals surface area contributed by atoms with E-state index >= 15 is 0 Å². The van der Waals surface area contributed by atoms with Crippen LogP contribution >= 0.6 is 0 Å². The quantitative estimate of drug-likeness (QED) is 0.294. The van der Waals surface area contributed by atoms with Gasteiger partial charge >= 0.3 is 0 Å². The molecule has 0 spiro atoms. The predicted molar refractivity (Wildman–Crippen MR) is 144 cm³/mol. The molecule has 0 N–H and O–H groups in total. The monoisotopic (exact) mass is 515 g/mol. The van der Waals surface area contributed by atoms with Gasteiger partial charge in [0.15, 0.2) is 15.7 Å². The topological polar surface area (TPSA) is 76.3 Å². The second-order valence-electron chi connectivity index (χ2n) is 9.92. The van der Waals surface area contributed by atoms with Crippen LogP contribution in [-0.4, -0.2) is 49.3 Å². The normalized spacial score (nSPS) is 16.0. The molecule has 37 heavy (non-hydrogen) atoms. The Kier molecular flexibility index (Phi) is 7.82. The van der Waals surface area contributed by atoms with Crippen LogP contribution in [0.3, 0.4) is 0 Å². The number of hydrogen-bond donors (Lipinski definition) is 0. The highest BCUT2D eigenvalue weighted by atomic mass is 32.2. The lowest BCUT2D eigenvalue weighted by Crippen LogP contribution is -2.34. The number of rotatable bonds is 9. The zero-order valence-corrected chi connectivity index (χ0v) is 22.0. The Morgan fingerprint density at radius 3 is 2.16 bits per heavy atom. The molecular weight excluding hydrogens is 482 g/mol. The van der Waals surface area contributed by atoms with Gasteiger partial charge in [0, 0.05) is 24.5 Å². The van der Waals surface area contributed by atoms with Crippen LogP contribution < -0.4 is 0 Å². The summed E-state index contributed by atoms with van der Waals surface area (Å²) in [6.45, 7) is 2.97. The Morgan fingerprint density at radius 1 is 0.892 bits per heavy atom. The Hall–Kier alpha value is -3.29. The highest BCUT2D eigenvalue weighted by molar-refractivity contribution is 7.90. The van der Waals surface area contributed by atoms with Gasteiger partial charge in [0.2, 0.25) is 5.89 Å². The highest BCUT2D eigenvalue weighted by Crippen LogP contribution is 2.31. The van der Waals surface area contributed by atoms with Crippen LogP contribution in [0.2, 0.25) is 0 Å². The zero-order valence-electron chi connectivity index (χ0n) is 21.2. The van der Waals surface area contributed by atoms with Crippen molar-refractivity contribution in [3.63, 3.8) is 0 Å². The average molecular weight is 516 g/mol. The number of nitrogens with zero attached hydrogens (tertiary/aromatic N) is 3. The molecule has 1 aliphatic heterocycles. The van der Waals surface area contributed by atoms with E-state index in [1.54, 1.807) is 12.1 Å². The minimum absolute atomic E-state index is 0.212. The van der Waals surface area contributed by atoms with Crippen LogP contribution in [0.5, 0.6) is 0 Å². The van der Waals surface area contributed by atoms with Crippen molar-refractivity contribution < 1.29 is 12.9 Å². The van der Waals surface area contributed by atoms with E-state index in [4.69, 9.17) is 9.51 Å². The van der Waals surface area contributed by atoms with Crippen molar-refractivity contribution >= 4 is 9.84 Å². The molecule has 7 heteroatoms. The van der Waals surface area contributed by atoms with Gasteiger partial charge in [0.1, 0.15) is 0 Å². The molecule has 0 saturated carbocycles. The molecule has 4 aromatic rings. The molecule has 192 valence electrons. The molecule has 5 rings (SSSR count). The van der Waals surface area contributed by atoms with Crippen molar-refractivity contribution in [3.8, 4) is 0 Å². The second kappa shape index (κ2) is 11.4. The molecule has 1 fully saturated rings. The molecule has 0 amide bonds. The third-order valence-electron chi connectivity index (χ3n) is 7.27. The molecule has 1 aromatic heterocycles. The molecule has 3 aromatic carbocycles. The first kappa shape index (κ1) is 25.4. The predicted octanol–water partition coefficient (Wildman–Crippen LogP) is 5.47. The fourth-order valence-electron chi connectivity index (χ4n) is 5.16. The zero-order chi connectivity index (χ0) is 25.7. The van der Waals surface area contributed by atoms with E-state index in [0.29, 0.717) is 17.2 Å². The molecular formula is C30H33N3O3S. The molecule has 6 nitrogen and oxygen atoms in total. The lowest BCUT2D eigenvalue weighted by Gasteiger charge is -2.31. The average Bonchev–Trinajstić information content (AvgIpc) is 3.38. The van der Waals surface area contributed by atoms with Gasteiger partial charge in [0.05, 0.1) is 4.90 Å². The highest BCUT2D eigenvalue weighted by Gasteiger charge is 2.26. The molecule has 0 aliphatic carbocycles. The first-order chi connectivity index (χ1) is 18.0. The fourth-order valence-corrected chi connectivity index (χ4v) is 5.79. The van der Waals surface area contributed by atoms with Crippen molar-refractivity contribution in [2.24, 2.45) is 0 Å². The SMILES string of the molecule is CS(=O)(=O)c1ccc([C@@H](CCN2CCC(c3nc(Cc4ccccc4)no3)CC2)c2ccccc2)cc1. The van der Waals surface area contributed by atoms with Crippen LogP contribution in [0.15, 0.2) is 94.3 Å². The van der Waals surface area contributed by atoms with E-state index in [2.05, 4.69) is 46.5 Å². The number of likely N-dealkylation sites (tertiary alicyclic amines) is 1. The van der Waals surface area contributed by atoms with Gasteiger partial charge in [-0.3, -0.25) is 0 Å². The summed E-state index contributed by atoms with van der Waals surface area (Å²) in [5.74, 6) is 2.03. The lowest BCUT2D eigenvalue weighted by molar-refractivity contribution is 0.190. The summed E-state index contributed by atoms with van der Waals surface area (Å²) in [5.41, 5.74) is 3.58. The number of piperidine rings is 1. The van der Waals surface area contributed by atoms with Crippen LogP contribution in [0.25, 0.3) is 0 Å². The fraction of sp³-hybridized carbons (Fsp3) is 0.333. The van der Waals surface area contributed by atoms with Gasteiger partial charge in [-0.05, 0) is 67.7 Å². The number of sulfone groups is 1. The minimum atomic E-state index is -3.21. The van der Waals surface area contributed by atoms with Crippen molar-refractivity contribution in [2.75, 3.05) is 25.9 Å². The maximum Gasteiger partial charge on any atom is 0.229 e. The third kappa shape index (κ3) is 6.53. The molecule has 0 radical (unpaired) electrons. The standard InChI is InChI=1S/C30H33N3O3S/c1-37(34,35)27-14-12-25(13-15-27)28(24-10-6-3-7-11-24)18-21-33-19-16-26(17-20-33)30-31-29(32-36-30)22-23-8-4-2-5-9-23/h2-15,26,28H,16-22H2,1H3/t28-/m0/s1. The number of benzene rings is 3. The Bertz CT molecular complexity index is 1380. The first-order valence-corrected chi connectivity index (χ1v) is 14.8. The van der Waals surface area contributed by atoms with Crippen LogP contribution in [0, 0.1) is 0 Å². The summed E-state index contributed by atoms with van der Waals surface area (Å²) in [7, 11) is -3.21. The smallest absolute Gasteiger partial charge is 0.229 e. The summed E-state index contributed by atoms with van der Waals surface area (Å²) >= 11 is 0. The summed E-state index contributed by atoms with van der Waals surface area (Å²) < 4.78 is 29.5. The van der Waals surface area contributed by atoms with Crippen molar-refractivity contribution in [1.82, 2.24) is 15.0 Å². The summed E-state index contributed by atoms with van der Waals surface area (Å²) in [5, 5.41) is 4.22. The van der Waals surface area contributed by atoms with E-state index in [0.717, 1.165) is 56.2 Å². The molecule has 1 atom stereocenters. The second-order valence-corrected chi connectivity index (χ2v) is 11.9. The van der Waals surface area contributed by atoms with E-state index in [1.807, 2.05) is 36.4 Å². The van der Waals surface area contributed by atoms with Crippen molar-refractivity contribution in [2.45, 2.75) is 42.4 Å². The third-order valence-corrected chi connectivity index (χ3v) is 8.40. The van der Waals surface area contributed by atoms with Crippen LogP contribution in [0.1, 0.15) is 59.5 Å².